The quantitative estimate of drug-likeness (QED) is 0.506. The fourth-order valence-corrected chi connectivity index (χ4v) is 0.508. The largest absolute Gasteiger partial charge is 0.480 e. The van der Waals surface area contributed by atoms with Crippen LogP contribution < -0.4 is 5.73 Å². The van der Waals surface area contributed by atoms with E-state index in [2.05, 4.69) is 4.74 Å². The Morgan fingerprint density at radius 1 is 1.45 bits per heavy atom. The molecule has 0 aromatic rings. The van der Waals surface area contributed by atoms with Crippen molar-refractivity contribution in [1.82, 2.24) is 0 Å². The number of ether oxygens (including phenoxy) is 1. The Balaban J connectivity index is 3.03. The zero-order valence-electron chi connectivity index (χ0n) is 6.08. The molecular weight excluding hydrogens is 150 g/mol. The van der Waals surface area contributed by atoms with Gasteiger partial charge in [0.05, 0.1) is 0 Å². The molecule has 0 heterocycles. The molecule has 0 saturated heterocycles. The molecule has 0 aliphatic heterocycles. The molecule has 0 aliphatic rings. The zero-order valence-corrected chi connectivity index (χ0v) is 6.08. The summed E-state index contributed by atoms with van der Waals surface area (Å²) in [7, 11) is 0. The van der Waals surface area contributed by atoms with Crippen LogP contribution in [0.25, 0.3) is 0 Å². The molecular formula is C6H11NO4. The standard InChI is InChI=1S/C6H11NO4/c7-5(8)2-1-3-11-4-6(9)10/h1-4H2,(H2,7,8)(H,9,10). The van der Waals surface area contributed by atoms with Crippen LogP contribution in [0.15, 0.2) is 0 Å². The highest BCUT2D eigenvalue weighted by Crippen LogP contribution is 1.87. The maximum atomic E-state index is 10.1. The summed E-state index contributed by atoms with van der Waals surface area (Å²) in [5.41, 5.74) is 4.82. The summed E-state index contributed by atoms with van der Waals surface area (Å²) in [6.07, 6.45) is 0.711. The second-order valence-electron chi connectivity index (χ2n) is 2.02. The predicted octanol–water partition coefficient (Wildman–Crippen LogP) is -0.647. The summed E-state index contributed by atoms with van der Waals surface area (Å²) in [5.74, 6) is -1.41. The van der Waals surface area contributed by atoms with Crippen molar-refractivity contribution in [2.75, 3.05) is 13.2 Å². The Morgan fingerprint density at radius 2 is 2.09 bits per heavy atom. The van der Waals surface area contributed by atoms with Gasteiger partial charge in [0.15, 0.2) is 0 Å². The van der Waals surface area contributed by atoms with Crippen LogP contribution in [0.5, 0.6) is 0 Å². The van der Waals surface area contributed by atoms with Gasteiger partial charge in [-0.15, -0.1) is 0 Å². The van der Waals surface area contributed by atoms with Crippen LogP contribution in [0, 0.1) is 0 Å². The van der Waals surface area contributed by atoms with E-state index in [0.29, 0.717) is 6.42 Å². The van der Waals surface area contributed by atoms with E-state index in [9.17, 15) is 9.59 Å². The van der Waals surface area contributed by atoms with Crippen LogP contribution >= 0.6 is 0 Å². The van der Waals surface area contributed by atoms with Gasteiger partial charge in [0.25, 0.3) is 0 Å². The number of carbonyl (C=O) groups excluding carboxylic acids is 1. The van der Waals surface area contributed by atoms with Crippen molar-refractivity contribution in [3.8, 4) is 0 Å². The molecule has 0 aromatic heterocycles. The van der Waals surface area contributed by atoms with Gasteiger partial charge in [-0.25, -0.2) is 4.79 Å². The van der Waals surface area contributed by atoms with E-state index in [0.717, 1.165) is 0 Å². The summed E-state index contributed by atoms with van der Waals surface area (Å²) in [6.45, 7) is -0.0615. The summed E-state index contributed by atoms with van der Waals surface area (Å²) >= 11 is 0. The Morgan fingerprint density at radius 3 is 2.55 bits per heavy atom. The lowest BCUT2D eigenvalue weighted by molar-refractivity contribution is -0.142. The SMILES string of the molecule is NC(=O)CCCOCC(=O)O. The van der Waals surface area contributed by atoms with Crippen LogP contribution in [-0.2, 0) is 14.3 Å². The molecule has 0 aliphatic carbocycles. The van der Waals surface area contributed by atoms with Gasteiger partial charge in [-0.05, 0) is 6.42 Å². The first-order chi connectivity index (χ1) is 5.13. The van der Waals surface area contributed by atoms with Gasteiger partial charge in [0.2, 0.25) is 5.91 Å². The number of aliphatic carboxylic acids is 1. The van der Waals surface area contributed by atoms with E-state index in [-0.39, 0.29) is 19.6 Å². The van der Waals surface area contributed by atoms with Gasteiger partial charge < -0.3 is 15.6 Å². The molecule has 0 bridgehead atoms. The highest BCUT2D eigenvalue weighted by atomic mass is 16.5. The Kier molecular flexibility index (Phi) is 5.10. The third-order valence-electron chi connectivity index (χ3n) is 0.937. The predicted molar refractivity (Wildman–Crippen MR) is 36.9 cm³/mol. The van der Waals surface area contributed by atoms with Gasteiger partial charge in [-0.1, -0.05) is 0 Å². The average molecular weight is 161 g/mol. The lowest BCUT2D eigenvalue weighted by atomic mass is 10.3. The summed E-state index contributed by atoms with van der Waals surface area (Å²) < 4.78 is 4.64. The van der Waals surface area contributed by atoms with E-state index in [1.165, 1.54) is 0 Å². The van der Waals surface area contributed by atoms with Gasteiger partial charge in [0, 0.05) is 13.0 Å². The molecule has 5 heteroatoms. The van der Waals surface area contributed by atoms with Crippen LogP contribution in [0.3, 0.4) is 0 Å². The lowest BCUT2D eigenvalue weighted by Gasteiger charge is -1.97. The van der Waals surface area contributed by atoms with Crippen molar-refractivity contribution in [3.63, 3.8) is 0 Å². The first-order valence-corrected chi connectivity index (χ1v) is 3.20. The number of carbonyl (C=O) groups is 2. The molecule has 0 saturated carbocycles. The molecule has 5 nitrogen and oxygen atoms in total. The molecule has 0 fully saturated rings. The minimum absolute atomic E-state index is 0.236. The van der Waals surface area contributed by atoms with E-state index in [4.69, 9.17) is 10.8 Å². The minimum atomic E-state index is -1.01. The molecule has 3 N–H and O–H groups in total. The Labute approximate surface area is 64.1 Å². The first kappa shape index (κ1) is 9.90. The molecule has 0 atom stereocenters. The molecule has 11 heavy (non-hydrogen) atoms. The van der Waals surface area contributed by atoms with E-state index in [1.54, 1.807) is 0 Å². The number of hydrogen-bond acceptors (Lipinski definition) is 3. The number of rotatable bonds is 6. The van der Waals surface area contributed by atoms with Crippen molar-refractivity contribution in [3.05, 3.63) is 0 Å². The second kappa shape index (κ2) is 5.67. The molecule has 0 aromatic carbocycles. The van der Waals surface area contributed by atoms with Crippen LogP contribution in [0.1, 0.15) is 12.8 Å². The highest BCUT2D eigenvalue weighted by Gasteiger charge is 1.97. The smallest absolute Gasteiger partial charge is 0.329 e. The van der Waals surface area contributed by atoms with Crippen LogP contribution in [0.4, 0.5) is 0 Å². The van der Waals surface area contributed by atoms with Crippen molar-refractivity contribution >= 4 is 11.9 Å². The third kappa shape index (κ3) is 8.90. The molecule has 0 rings (SSSR count). The number of amides is 1. The second-order valence-corrected chi connectivity index (χ2v) is 2.02. The Hall–Kier alpha value is -1.10. The van der Waals surface area contributed by atoms with Crippen molar-refractivity contribution < 1.29 is 19.4 Å². The van der Waals surface area contributed by atoms with Crippen molar-refractivity contribution in [2.45, 2.75) is 12.8 Å². The lowest BCUT2D eigenvalue weighted by Crippen LogP contribution is -2.12. The number of carboxylic acid groups (broad SMARTS) is 1. The van der Waals surface area contributed by atoms with Crippen molar-refractivity contribution in [1.29, 1.82) is 0 Å². The monoisotopic (exact) mass is 161 g/mol. The summed E-state index contributed by atoms with van der Waals surface area (Å²) in [6, 6.07) is 0. The zero-order chi connectivity index (χ0) is 8.69. The maximum Gasteiger partial charge on any atom is 0.329 e. The van der Waals surface area contributed by atoms with Gasteiger partial charge in [0.1, 0.15) is 6.61 Å². The number of primary amides is 1. The van der Waals surface area contributed by atoms with Gasteiger partial charge >= 0.3 is 5.97 Å². The fourth-order valence-electron chi connectivity index (χ4n) is 0.508. The van der Waals surface area contributed by atoms with Crippen LogP contribution in [0.2, 0.25) is 0 Å². The molecule has 0 radical (unpaired) electrons. The van der Waals surface area contributed by atoms with E-state index in [1.807, 2.05) is 0 Å². The highest BCUT2D eigenvalue weighted by molar-refractivity contribution is 5.73. The average Bonchev–Trinajstić information content (AvgIpc) is 1.85. The molecule has 1 amide bonds. The van der Waals surface area contributed by atoms with Crippen LogP contribution in [-0.4, -0.2) is 30.2 Å². The van der Waals surface area contributed by atoms with E-state index >= 15 is 0 Å². The summed E-state index contributed by atoms with van der Waals surface area (Å²) in [4.78, 5) is 20.0. The summed E-state index contributed by atoms with van der Waals surface area (Å²) in [5, 5.41) is 8.11. The molecule has 0 spiro atoms. The topological polar surface area (TPSA) is 89.6 Å². The van der Waals surface area contributed by atoms with Crippen molar-refractivity contribution in [2.24, 2.45) is 5.73 Å². The Bertz CT molecular complexity index is 130. The third-order valence-corrected chi connectivity index (χ3v) is 0.937. The van der Waals surface area contributed by atoms with Gasteiger partial charge in [-0.3, -0.25) is 4.79 Å². The minimum Gasteiger partial charge on any atom is -0.480 e. The normalized spacial score (nSPS) is 9.45. The maximum absolute atomic E-state index is 10.1. The fraction of sp³-hybridized carbons (Fsp3) is 0.667. The molecule has 64 valence electrons. The molecule has 0 unspecified atom stereocenters. The van der Waals surface area contributed by atoms with E-state index < -0.39 is 11.9 Å². The number of hydrogen-bond donors (Lipinski definition) is 2. The first-order valence-electron chi connectivity index (χ1n) is 3.20. The van der Waals surface area contributed by atoms with Gasteiger partial charge in [-0.2, -0.15) is 0 Å². The number of carboxylic acids is 1. The number of nitrogens with two attached hydrogens (primary N) is 1.